The molecule has 2 rings (SSSR count). The Morgan fingerprint density at radius 2 is 2.10 bits per heavy atom. The summed E-state index contributed by atoms with van der Waals surface area (Å²) in [5, 5.41) is 12.2. The van der Waals surface area contributed by atoms with Crippen LogP contribution in [0.2, 0.25) is 0 Å². The van der Waals surface area contributed by atoms with E-state index < -0.39 is 0 Å². The van der Waals surface area contributed by atoms with E-state index >= 15 is 0 Å². The quantitative estimate of drug-likeness (QED) is 0.881. The topological polar surface area (TPSA) is 70.8 Å². The molecule has 1 N–H and O–H groups in total. The average Bonchev–Trinajstić information content (AvgIpc) is 2.49. The van der Waals surface area contributed by atoms with Crippen LogP contribution in [0.4, 0.5) is 0 Å². The molecule has 0 fully saturated rings. The van der Waals surface area contributed by atoms with Crippen molar-refractivity contribution in [3.8, 4) is 11.9 Å². The number of ether oxygens (including phenoxy) is 1. The number of hydrogen-bond acceptors (Lipinski definition) is 5. The molecule has 0 atom stereocenters. The Morgan fingerprint density at radius 3 is 2.86 bits per heavy atom. The average molecular weight is 282 g/mol. The highest BCUT2D eigenvalue weighted by Gasteiger charge is 2.06. The fourth-order valence-corrected chi connectivity index (χ4v) is 1.87. The van der Waals surface area contributed by atoms with E-state index in [0.29, 0.717) is 24.7 Å². The third-order valence-corrected chi connectivity index (χ3v) is 2.78. The highest BCUT2D eigenvalue weighted by atomic mass is 16.5. The Balaban J connectivity index is 1.96. The molecule has 5 nitrogen and oxygen atoms in total. The molecule has 0 amide bonds. The molecule has 108 valence electrons. The SMILES string of the molecule is CC(C)Oc1ncccc1CNCc1ccnc(C#N)c1. The van der Waals surface area contributed by atoms with Crippen molar-refractivity contribution in [2.45, 2.75) is 33.0 Å². The number of nitrogens with one attached hydrogen (secondary N) is 1. The maximum absolute atomic E-state index is 8.83. The molecule has 21 heavy (non-hydrogen) atoms. The van der Waals surface area contributed by atoms with Crippen LogP contribution in [-0.4, -0.2) is 16.1 Å². The van der Waals surface area contributed by atoms with E-state index in [9.17, 15) is 0 Å². The van der Waals surface area contributed by atoms with Gasteiger partial charge in [-0.05, 0) is 37.6 Å². The normalized spacial score (nSPS) is 10.4. The van der Waals surface area contributed by atoms with Gasteiger partial charge in [-0.3, -0.25) is 0 Å². The van der Waals surface area contributed by atoms with Crippen molar-refractivity contribution in [2.75, 3.05) is 0 Å². The first-order chi connectivity index (χ1) is 10.2. The first kappa shape index (κ1) is 14.9. The molecular formula is C16H18N4O. The second-order valence-electron chi connectivity index (χ2n) is 4.90. The fourth-order valence-electron chi connectivity index (χ4n) is 1.87. The highest BCUT2D eigenvalue weighted by Crippen LogP contribution is 2.15. The summed E-state index contributed by atoms with van der Waals surface area (Å²) in [6.45, 7) is 5.27. The van der Waals surface area contributed by atoms with Gasteiger partial charge in [0, 0.05) is 31.0 Å². The van der Waals surface area contributed by atoms with E-state index in [0.717, 1.165) is 11.1 Å². The first-order valence-corrected chi connectivity index (χ1v) is 6.85. The van der Waals surface area contributed by atoms with E-state index in [1.54, 1.807) is 18.5 Å². The van der Waals surface area contributed by atoms with Crippen molar-refractivity contribution in [3.63, 3.8) is 0 Å². The van der Waals surface area contributed by atoms with Gasteiger partial charge in [0.25, 0.3) is 0 Å². The maximum Gasteiger partial charge on any atom is 0.218 e. The molecule has 0 spiro atoms. The van der Waals surface area contributed by atoms with Crippen LogP contribution in [0, 0.1) is 11.3 Å². The Labute approximate surface area is 124 Å². The number of nitriles is 1. The second kappa shape index (κ2) is 7.36. The van der Waals surface area contributed by atoms with Crippen molar-refractivity contribution >= 4 is 0 Å². The van der Waals surface area contributed by atoms with Crippen LogP contribution >= 0.6 is 0 Å². The Bertz CT molecular complexity index is 634. The smallest absolute Gasteiger partial charge is 0.218 e. The lowest BCUT2D eigenvalue weighted by Gasteiger charge is -2.13. The van der Waals surface area contributed by atoms with Gasteiger partial charge < -0.3 is 10.1 Å². The minimum absolute atomic E-state index is 0.0945. The number of aromatic nitrogens is 2. The van der Waals surface area contributed by atoms with Gasteiger partial charge in [-0.15, -0.1) is 0 Å². The lowest BCUT2D eigenvalue weighted by molar-refractivity contribution is 0.229. The highest BCUT2D eigenvalue weighted by molar-refractivity contribution is 5.27. The van der Waals surface area contributed by atoms with Crippen molar-refractivity contribution in [1.82, 2.24) is 15.3 Å². The van der Waals surface area contributed by atoms with Crippen molar-refractivity contribution in [3.05, 3.63) is 53.5 Å². The van der Waals surface area contributed by atoms with Crippen LogP contribution in [0.15, 0.2) is 36.7 Å². The number of rotatable bonds is 6. The van der Waals surface area contributed by atoms with Gasteiger partial charge in [0.15, 0.2) is 0 Å². The molecule has 0 radical (unpaired) electrons. The van der Waals surface area contributed by atoms with E-state index in [2.05, 4.69) is 15.3 Å². The van der Waals surface area contributed by atoms with Crippen LogP contribution in [0.5, 0.6) is 5.88 Å². The van der Waals surface area contributed by atoms with Gasteiger partial charge in [-0.25, -0.2) is 9.97 Å². The molecule has 0 saturated heterocycles. The van der Waals surface area contributed by atoms with Crippen LogP contribution in [-0.2, 0) is 13.1 Å². The molecule has 0 bridgehead atoms. The molecule has 0 aliphatic carbocycles. The summed E-state index contributed by atoms with van der Waals surface area (Å²) in [7, 11) is 0. The zero-order chi connectivity index (χ0) is 15.1. The molecule has 0 aliphatic rings. The van der Waals surface area contributed by atoms with Crippen molar-refractivity contribution in [2.24, 2.45) is 0 Å². The molecular weight excluding hydrogens is 264 g/mol. The van der Waals surface area contributed by atoms with Gasteiger partial charge in [-0.1, -0.05) is 6.07 Å². The van der Waals surface area contributed by atoms with E-state index in [-0.39, 0.29) is 6.10 Å². The van der Waals surface area contributed by atoms with E-state index in [1.165, 1.54) is 0 Å². The number of pyridine rings is 2. The molecule has 2 aromatic rings. The summed E-state index contributed by atoms with van der Waals surface area (Å²) in [5.41, 5.74) is 2.47. The van der Waals surface area contributed by atoms with Crippen LogP contribution < -0.4 is 10.1 Å². The van der Waals surface area contributed by atoms with Gasteiger partial charge in [0.1, 0.15) is 11.8 Å². The maximum atomic E-state index is 8.83. The molecule has 0 saturated carbocycles. The molecule has 5 heteroatoms. The van der Waals surface area contributed by atoms with Gasteiger partial charge in [-0.2, -0.15) is 5.26 Å². The summed E-state index contributed by atoms with van der Waals surface area (Å²) >= 11 is 0. The summed E-state index contributed by atoms with van der Waals surface area (Å²) in [5.74, 6) is 0.660. The third-order valence-electron chi connectivity index (χ3n) is 2.78. The predicted octanol–water partition coefficient (Wildman–Crippen LogP) is 2.43. The van der Waals surface area contributed by atoms with Crippen LogP contribution in [0.1, 0.15) is 30.7 Å². The summed E-state index contributed by atoms with van der Waals surface area (Å²) in [4.78, 5) is 8.21. The minimum Gasteiger partial charge on any atom is -0.475 e. The standard InChI is InChI=1S/C16H18N4O/c1-12(2)21-16-14(4-3-6-20-16)11-18-10-13-5-7-19-15(8-13)9-17/h3-8,12,18H,10-11H2,1-2H3. The fraction of sp³-hybridized carbons (Fsp3) is 0.312. The molecule has 0 aliphatic heterocycles. The Hall–Kier alpha value is -2.45. The first-order valence-electron chi connectivity index (χ1n) is 6.85. The molecule has 0 aromatic carbocycles. The molecule has 2 heterocycles. The summed E-state index contributed by atoms with van der Waals surface area (Å²) in [6, 6.07) is 9.59. The zero-order valence-electron chi connectivity index (χ0n) is 12.2. The Kier molecular flexibility index (Phi) is 5.24. The number of hydrogen-bond donors (Lipinski definition) is 1. The van der Waals surface area contributed by atoms with Crippen LogP contribution in [0.25, 0.3) is 0 Å². The van der Waals surface area contributed by atoms with Gasteiger partial charge >= 0.3 is 0 Å². The van der Waals surface area contributed by atoms with E-state index in [4.69, 9.17) is 10.00 Å². The Morgan fingerprint density at radius 1 is 1.24 bits per heavy atom. The van der Waals surface area contributed by atoms with Crippen molar-refractivity contribution in [1.29, 1.82) is 5.26 Å². The second-order valence-corrected chi connectivity index (χ2v) is 4.90. The molecule has 0 unspecified atom stereocenters. The zero-order valence-corrected chi connectivity index (χ0v) is 12.2. The number of nitrogens with zero attached hydrogens (tertiary/aromatic N) is 3. The monoisotopic (exact) mass is 282 g/mol. The lowest BCUT2D eigenvalue weighted by Crippen LogP contribution is -2.16. The largest absolute Gasteiger partial charge is 0.475 e. The summed E-state index contributed by atoms with van der Waals surface area (Å²) in [6.07, 6.45) is 3.47. The van der Waals surface area contributed by atoms with Gasteiger partial charge in [0.2, 0.25) is 5.88 Å². The lowest BCUT2D eigenvalue weighted by atomic mass is 10.2. The predicted molar refractivity (Wildman–Crippen MR) is 79.5 cm³/mol. The van der Waals surface area contributed by atoms with E-state index in [1.807, 2.05) is 38.1 Å². The van der Waals surface area contributed by atoms with Crippen LogP contribution in [0.3, 0.4) is 0 Å². The van der Waals surface area contributed by atoms with Crippen molar-refractivity contribution < 1.29 is 4.74 Å². The third kappa shape index (κ3) is 4.55. The summed E-state index contributed by atoms with van der Waals surface area (Å²) < 4.78 is 5.68. The minimum atomic E-state index is 0.0945. The van der Waals surface area contributed by atoms with Gasteiger partial charge in [0.05, 0.1) is 6.10 Å². The molecule has 2 aromatic heterocycles.